The van der Waals surface area contributed by atoms with Crippen LogP contribution in [0.3, 0.4) is 0 Å². The van der Waals surface area contributed by atoms with E-state index in [4.69, 9.17) is 5.73 Å². The second kappa shape index (κ2) is 17.1. The van der Waals surface area contributed by atoms with Gasteiger partial charge in [0.1, 0.15) is 11.5 Å². The number of piperazine rings is 1. The number of nitrogens with one attached hydrogen (secondary N) is 1. The molecule has 0 aliphatic carbocycles. The Morgan fingerprint density at radius 1 is 0.792 bits per heavy atom. The summed E-state index contributed by atoms with van der Waals surface area (Å²) in [6.45, 7) is 8.40. The molecule has 0 aromatic heterocycles. The molecule has 1 fully saturated rings. The maximum atomic E-state index is 13.3. The van der Waals surface area contributed by atoms with E-state index in [0.717, 1.165) is 43.3 Å². The summed E-state index contributed by atoms with van der Waals surface area (Å²) in [7, 11) is -4.22. The number of amidine groups is 1. The second-order valence-electron chi connectivity index (χ2n) is 13.5. The van der Waals surface area contributed by atoms with Gasteiger partial charge >= 0.3 is 0 Å². The van der Waals surface area contributed by atoms with Crippen LogP contribution in [0.25, 0.3) is 5.57 Å². The lowest BCUT2D eigenvalue weighted by Gasteiger charge is -2.35. The van der Waals surface area contributed by atoms with E-state index in [1.54, 1.807) is 30.0 Å². The molecular weight excluding hydrogens is 701 g/mol. The number of hydrogen-bond donors (Lipinski definition) is 2. The van der Waals surface area contributed by atoms with Crippen molar-refractivity contribution < 1.29 is 8.42 Å². The summed E-state index contributed by atoms with van der Waals surface area (Å²) in [6, 6.07) is 42.6. The smallest absolute Gasteiger partial charge is 0.284 e. The van der Waals surface area contributed by atoms with Crippen LogP contribution >= 0.6 is 11.8 Å². The topological polar surface area (TPSA) is 120 Å². The zero-order valence-electron chi connectivity index (χ0n) is 29.9. The number of hydrogen-bond acceptors (Lipinski definition) is 8. The molecule has 0 unspecified atom stereocenters. The van der Waals surface area contributed by atoms with Crippen molar-refractivity contribution in [3.63, 3.8) is 0 Å². The van der Waals surface area contributed by atoms with Crippen molar-refractivity contribution in [3.8, 4) is 0 Å². The molecule has 11 heteroatoms. The Bertz CT molecular complexity index is 2110. The summed E-state index contributed by atoms with van der Waals surface area (Å²) >= 11 is 1.68. The van der Waals surface area contributed by atoms with Crippen LogP contribution in [-0.4, -0.2) is 63.2 Å². The van der Waals surface area contributed by atoms with E-state index in [2.05, 4.69) is 79.3 Å². The number of nitroso groups, excluding NO2 is 1. The Balaban J connectivity index is 1.06. The Morgan fingerprint density at radius 2 is 1.38 bits per heavy atom. The molecule has 0 atom stereocenters. The normalized spacial score (nSPS) is 14.1. The fraction of sp³-hybridized carbons (Fsp3) is 0.214. The van der Waals surface area contributed by atoms with Gasteiger partial charge in [-0.1, -0.05) is 84.9 Å². The first-order chi connectivity index (χ1) is 25.6. The van der Waals surface area contributed by atoms with Crippen LogP contribution in [0, 0.1) is 4.91 Å². The molecule has 0 spiro atoms. The third-order valence-corrected chi connectivity index (χ3v) is 11.8. The number of rotatable bonds is 14. The minimum absolute atomic E-state index is 0.0223. The van der Waals surface area contributed by atoms with Crippen LogP contribution in [0.1, 0.15) is 30.5 Å². The minimum atomic E-state index is -4.22. The first kappa shape index (κ1) is 37.5. The summed E-state index contributed by atoms with van der Waals surface area (Å²) < 4.78 is 30.5. The number of sulfonamides is 1. The average Bonchev–Trinajstić information content (AvgIpc) is 3.18. The molecule has 5 aromatic carbocycles. The molecule has 1 saturated heterocycles. The monoisotopic (exact) mass is 744 g/mol. The van der Waals surface area contributed by atoms with Gasteiger partial charge < -0.3 is 16.0 Å². The van der Waals surface area contributed by atoms with Gasteiger partial charge in [0.2, 0.25) is 0 Å². The van der Waals surface area contributed by atoms with Crippen molar-refractivity contribution in [3.05, 3.63) is 161 Å². The fourth-order valence-corrected chi connectivity index (χ4v) is 8.08. The third-order valence-electron chi connectivity index (χ3n) is 9.02. The highest BCUT2D eigenvalue weighted by Gasteiger charge is 2.23. The molecule has 0 radical (unpaired) electrons. The third kappa shape index (κ3) is 10.0. The predicted octanol–water partition coefficient (Wildman–Crippen LogP) is 8.42. The highest BCUT2D eigenvalue weighted by molar-refractivity contribution is 7.99. The lowest BCUT2D eigenvalue weighted by Crippen LogP contribution is -2.46. The zero-order valence-corrected chi connectivity index (χ0v) is 31.6. The van der Waals surface area contributed by atoms with Crippen molar-refractivity contribution in [2.45, 2.75) is 29.2 Å². The van der Waals surface area contributed by atoms with Gasteiger partial charge in [0.15, 0.2) is 0 Å². The predicted molar refractivity (Wildman–Crippen MR) is 220 cm³/mol. The summed E-state index contributed by atoms with van der Waals surface area (Å²) in [5.41, 5.74) is 11.4. The Labute approximate surface area is 316 Å². The summed E-state index contributed by atoms with van der Waals surface area (Å²) in [5, 5.41) is 6.44. The highest BCUT2D eigenvalue weighted by Crippen LogP contribution is 2.33. The molecule has 0 saturated carbocycles. The van der Waals surface area contributed by atoms with Crippen molar-refractivity contribution in [1.29, 1.82) is 0 Å². The molecule has 0 amide bonds. The van der Waals surface area contributed by atoms with Crippen LogP contribution < -0.4 is 16.0 Å². The molecule has 0 bridgehead atoms. The standard InChI is InChI=1S/C42H44N6O3S2/c1-42(2,31-52-36-16-10-5-11-17-36)44-39-23-22-37(30-40(39)45-49)53(50,51)46-41(43)34-18-20-35(21-19-34)48-28-26-47(27-29-48)25-24-38(32-12-6-3-7-13-32)33-14-8-4-9-15-33/h3-24,30,44H,25-29,31H2,1-2H3,(H2,43,46). The van der Waals surface area contributed by atoms with Gasteiger partial charge in [0, 0.05) is 60.2 Å². The molecule has 3 N–H and O–H groups in total. The SMILES string of the molecule is CC(C)(CSc1ccccc1)Nc1ccc(S(=O)(=O)/N=C(/N)c2ccc(N3CCN(CC=C(c4ccccc4)c4ccccc4)CC3)cc2)cc1N=O. The molecule has 6 rings (SSSR count). The largest absolute Gasteiger partial charge is 0.383 e. The van der Waals surface area contributed by atoms with Gasteiger partial charge in [-0.25, -0.2) is 0 Å². The number of thioether (sulfide) groups is 1. The Kier molecular flexibility index (Phi) is 12.1. The van der Waals surface area contributed by atoms with Gasteiger partial charge in [-0.3, -0.25) is 4.90 Å². The first-order valence-corrected chi connectivity index (χ1v) is 20.0. The van der Waals surface area contributed by atoms with E-state index in [1.807, 2.05) is 68.4 Å². The number of anilines is 2. The summed E-state index contributed by atoms with van der Waals surface area (Å²) in [6.07, 6.45) is 2.32. The lowest BCUT2D eigenvalue weighted by atomic mass is 9.97. The van der Waals surface area contributed by atoms with Gasteiger partial charge in [-0.05, 0) is 90.3 Å². The van der Waals surface area contributed by atoms with Crippen molar-refractivity contribution in [1.82, 2.24) is 4.90 Å². The lowest BCUT2D eigenvalue weighted by molar-refractivity contribution is 0.284. The van der Waals surface area contributed by atoms with Gasteiger partial charge in [0.05, 0.1) is 10.6 Å². The molecule has 5 aromatic rings. The Hall–Kier alpha value is -5.23. The van der Waals surface area contributed by atoms with E-state index in [1.165, 1.54) is 28.8 Å². The van der Waals surface area contributed by atoms with Crippen LogP contribution in [0.4, 0.5) is 17.1 Å². The quantitative estimate of drug-likeness (QED) is 0.0504. The molecule has 53 heavy (non-hydrogen) atoms. The van der Waals surface area contributed by atoms with Crippen molar-refractivity contribution >= 4 is 50.3 Å². The maximum Gasteiger partial charge on any atom is 0.284 e. The molecule has 9 nitrogen and oxygen atoms in total. The first-order valence-electron chi connectivity index (χ1n) is 17.5. The second-order valence-corrected chi connectivity index (χ2v) is 16.2. The molecule has 1 heterocycles. The van der Waals surface area contributed by atoms with E-state index >= 15 is 0 Å². The minimum Gasteiger partial charge on any atom is -0.383 e. The van der Waals surface area contributed by atoms with Crippen LogP contribution in [0.2, 0.25) is 0 Å². The summed E-state index contributed by atoms with van der Waals surface area (Å²) in [4.78, 5) is 17.5. The average molecular weight is 745 g/mol. The van der Waals surface area contributed by atoms with Crippen LogP contribution in [0.5, 0.6) is 0 Å². The fourth-order valence-electron chi connectivity index (χ4n) is 6.16. The van der Waals surface area contributed by atoms with E-state index in [9.17, 15) is 13.3 Å². The van der Waals surface area contributed by atoms with E-state index in [0.29, 0.717) is 17.0 Å². The van der Waals surface area contributed by atoms with E-state index in [-0.39, 0.29) is 16.4 Å². The van der Waals surface area contributed by atoms with Crippen LogP contribution in [-0.2, 0) is 10.0 Å². The van der Waals surface area contributed by atoms with Crippen LogP contribution in [0.15, 0.2) is 159 Å². The molecule has 1 aliphatic heterocycles. The summed E-state index contributed by atoms with van der Waals surface area (Å²) in [5.74, 6) is 0.566. The number of benzene rings is 5. The highest BCUT2D eigenvalue weighted by atomic mass is 32.2. The molecule has 272 valence electrons. The van der Waals surface area contributed by atoms with Gasteiger partial charge in [0.25, 0.3) is 10.0 Å². The van der Waals surface area contributed by atoms with Gasteiger partial charge in [-0.15, -0.1) is 21.1 Å². The van der Waals surface area contributed by atoms with Crippen molar-refractivity contribution in [2.24, 2.45) is 15.3 Å². The van der Waals surface area contributed by atoms with Gasteiger partial charge in [-0.2, -0.15) is 8.42 Å². The maximum absolute atomic E-state index is 13.3. The molecular formula is C42H44N6O3S2. The number of nitrogens with two attached hydrogens (primary N) is 1. The Morgan fingerprint density at radius 3 is 1.96 bits per heavy atom. The van der Waals surface area contributed by atoms with E-state index < -0.39 is 15.6 Å². The molecule has 1 aliphatic rings. The zero-order chi connectivity index (χ0) is 37.3. The van der Waals surface area contributed by atoms with Crippen molar-refractivity contribution in [2.75, 3.05) is 48.7 Å². The number of nitrogens with zero attached hydrogens (tertiary/aromatic N) is 4.